The van der Waals surface area contributed by atoms with Crippen molar-refractivity contribution in [2.45, 2.75) is 51.4 Å². The predicted octanol–water partition coefficient (Wildman–Crippen LogP) is 0.739. The zero-order valence-corrected chi connectivity index (χ0v) is 10.4. The molecule has 1 aliphatic rings. The number of aliphatic hydroxyl groups is 2. The van der Waals surface area contributed by atoms with Crippen LogP contribution in [-0.4, -0.2) is 51.6 Å². The maximum absolute atomic E-state index is 11.7. The Morgan fingerprint density at radius 2 is 2.06 bits per heavy atom. The summed E-state index contributed by atoms with van der Waals surface area (Å²) in [4.78, 5) is 13.1. The van der Waals surface area contributed by atoms with E-state index in [1.807, 2.05) is 0 Å². The summed E-state index contributed by atoms with van der Waals surface area (Å²) in [5.74, 6) is 0. The average molecular weight is 231 g/mol. The Balaban J connectivity index is 2.60. The van der Waals surface area contributed by atoms with Gasteiger partial charge in [0.25, 0.3) is 0 Å². The highest BCUT2D eigenvalue weighted by atomic mass is 16.6. The van der Waals surface area contributed by atoms with Crippen LogP contribution in [0.5, 0.6) is 0 Å². The Hall–Kier alpha value is -0.810. The minimum atomic E-state index is -1.25. The zero-order chi connectivity index (χ0) is 12.6. The van der Waals surface area contributed by atoms with E-state index >= 15 is 0 Å². The molecule has 1 aliphatic heterocycles. The fourth-order valence-electron chi connectivity index (χ4n) is 1.64. The van der Waals surface area contributed by atoms with Crippen molar-refractivity contribution in [3.05, 3.63) is 0 Å². The van der Waals surface area contributed by atoms with Crippen molar-refractivity contribution in [2.24, 2.45) is 0 Å². The molecule has 5 heteroatoms. The molecule has 0 saturated carbocycles. The van der Waals surface area contributed by atoms with Gasteiger partial charge in [-0.2, -0.15) is 0 Å². The van der Waals surface area contributed by atoms with Crippen LogP contribution in [0.2, 0.25) is 0 Å². The number of β-amino-alcohol motifs (C(OH)–C–C–N with tert-alkyl or cyclic N) is 1. The van der Waals surface area contributed by atoms with Gasteiger partial charge >= 0.3 is 6.09 Å². The van der Waals surface area contributed by atoms with Crippen LogP contribution in [0.15, 0.2) is 0 Å². The molecule has 0 spiro atoms. The number of carbonyl (C=O) groups excluding carboxylic acids is 1. The minimum absolute atomic E-state index is 0.100. The molecule has 0 unspecified atom stereocenters. The number of piperidine rings is 1. The van der Waals surface area contributed by atoms with Crippen LogP contribution in [0.3, 0.4) is 0 Å². The number of amides is 1. The summed E-state index contributed by atoms with van der Waals surface area (Å²) < 4.78 is 5.20. The molecule has 16 heavy (non-hydrogen) atoms. The van der Waals surface area contributed by atoms with Gasteiger partial charge in [-0.1, -0.05) is 0 Å². The third-order valence-electron chi connectivity index (χ3n) is 2.55. The maximum atomic E-state index is 11.7. The molecule has 2 atom stereocenters. The van der Waals surface area contributed by atoms with E-state index in [-0.39, 0.29) is 6.54 Å². The van der Waals surface area contributed by atoms with Crippen molar-refractivity contribution in [1.29, 1.82) is 0 Å². The molecular formula is C11H21NO4. The van der Waals surface area contributed by atoms with Gasteiger partial charge < -0.3 is 19.8 Å². The summed E-state index contributed by atoms with van der Waals surface area (Å²) >= 11 is 0. The number of likely N-dealkylation sites (tertiary alicyclic amines) is 1. The minimum Gasteiger partial charge on any atom is -0.444 e. The summed E-state index contributed by atoms with van der Waals surface area (Å²) in [5, 5.41) is 19.4. The van der Waals surface area contributed by atoms with Crippen LogP contribution in [0.1, 0.15) is 34.1 Å². The van der Waals surface area contributed by atoms with Gasteiger partial charge in [0.2, 0.25) is 0 Å². The molecule has 1 rings (SSSR count). The lowest BCUT2D eigenvalue weighted by Gasteiger charge is -2.40. The van der Waals surface area contributed by atoms with Gasteiger partial charge in [0.05, 0.1) is 12.6 Å². The van der Waals surface area contributed by atoms with Crippen molar-refractivity contribution in [1.82, 2.24) is 4.90 Å². The lowest BCUT2D eigenvalue weighted by atomic mass is 9.92. The molecule has 0 aliphatic carbocycles. The van der Waals surface area contributed by atoms with Crippen molar-refractivity contribution >= 4 is 6.09 Å². The van der Waals surface area contributed by atoms with Crippen LogP contribution in [0.25, 0.3) is 0 Å². The van der Waals surface area contributed by atoms with Gasteiger partial charge in [0.15, 0.2) is 0 Å². The standard InChI is InChI=1S/C11H21NO4/c1-10(2,3)16-9(14)12-6-5-8(13)11(4,15)7-12/h8,13,15H,5-7H2,1-4H3/t8-,11+/m1/s1. The van der Waals surface area contributed by atoms with Gasteiger partial charge in [0.1, 0.15) is 11.2 Å². The van der Waals surface area contributed by atoms with Gasteiger partial charge in [0, 0.05) is 6.54 Å². The topological polar surface area (TPSA) is 70.0 Å². The van der Waals surface area contributed by atoms with Crippen molar-refractivity contribution < 1.29 is 19.7 Å². The van der Waals surface area contributed by atoms with Gasteiger partial charge in [-0.15, -0.1) is 0 Å². The van der Waals surface area contributed by atoms with Crippen LogP contribution >= 0.6 is 0 Å². The second-order valence-corrected chi connectivity index (χ2v) is 5.56. The Morgan fingerprint density at radius 3 is 2.50 bits per heavy atom. The van der Waals surface area contributed by atoms with E-state index in [4.69, 9.17) is 4.74 Å². The molecule has 1 fully saturated rings. The van der Waals surface area contributed by atoms with Gasteiger partial charge in [-0.25, -0.2) is 4.79 Å². The number of nitrogens with zero attached hydrogens (tertiary/aromatic N) is 1. The second kappa shape index (κ2) is 4.22. The fraction of sp³-hybridized carbons (Fsp3) is 0.909. The molecule has 0 bridgehead atoms. The number of ether oxygens (including phenoxy) is 1. The number of rotatable bonds is 0. The molecule has 0 radical (unpaired) electrons. The third-order valence-corrected chi connectivity index (χ3v) is 2.55. The van der Waals surface area contributed by atoms with E-state index in [1.165, 1.54) is 11.8 Å². The lowest BCUT2D eigenvalue weighted by Crippen LogP contribution is -2.57. The molecule has 0 aromatic heterocycles. The van der Waals surface area contributed by atoms with E-state index in [0.29, 0.717) is 13.0 Å². The summed E-state index contributed by atoms with van der Waals surface area (Å²) in [5.41, 5.74) is -1.80. The average Bonchev–Trinajstić information content (AvgIpc) is 2.06. The molecule has 1 amide bonds. The summed E-state index contributed by atoms with van der Waals surface area (Å²) in [7, 11) is 0. The first-order chi connectivity index (χ1) is 7.12. The zero-order valence-electron chi connectivity index (χ0n) is 10.4. The number of aliphatic hydroxyl groups excluding tert-OH is 1. The molecule has 1 heterocycles. The maximum Gasteiger partial charge on any atom is 0.410 e. The lowest BCUT2D eigenvalue weighted by molar-refractivity contribution is -0.108. The largest absolute Gasteiger partial charge is 0.444 e. The number of hydrogen-bond acceptors (Lipinski definition) is 4. The van der Waals surface area contributed by atoms with Crippen molar-refractivity contribution in [2.75, 3.05) is 13.1 Å². The van der Waals surface area contributed by atoms with E-state index in [9.17, 15) is 15.0 Å². The smallest absolute Gasteiger partial charge is 0.410 e. The highest BCUT2D eigenvalue weighted by Gasteiger charge is 2.39. The van der Waals surface area contributed by atoms with E-state index in [2.05, 4.69) is 0 Å². The SMILES string of the molecule is CC(C)(C)OC(=O)N1CC[C@@H](O)[C@@](C)(O)C1. The number of carbonyl (C=O) groups is 1. The summed E-state index contributed by atoms with van der Waals surface area (Å²) in [6.45, 7) is 7.41. The second-order valence-electron chi connectivity index (χ2n) is 5.56. The van der Waals surface area contributed by atoms with Gasteiger partial charge in [-0.3, -0.25) is 0 Å². The summed E-state index contributed by atoms with van der Waals surface area (Å²) in [6, 6.07) is 0. The highest BCUT2D eigenvalue weighted by Crippen LogP contribution is 2.22. The Bertz CT molecular complexity index is 270. The molecule has 1 saturated heterocycles. The van der Waals surface area contributed by atoms with Crippen LogP contribution in [0, 0.1) is 0 Å². The highest BCUT2D eigenvalue weighted by molar-refractivity contribution is 5.68. The van der Waals surface area contributed by atoms with Crippen LogP contribution in [-0.2, 0) is 4.74 Å². The first-order valence-corrected chi connectivity index (χ1v) is 5.50. The third kappa shape index (κ3) is 3.35. The normalized spacial score (nSPS) is 31.4. The van der Waals surface area contributed by atoms with Crippen LogP contribution < -0.4 is 0 Å². The Labute approximate surface area is 96.0 Å². The number of hydrogen-bond donors (Lipinski definition) is 2. The van der Waals surface area contributed by atoms with Gasteiger partial charge in [-0.05, 0) is 34.1 Å². The molecule has 94 valence electrons. The Morgan fingerprint density at radius 1 is 1.50 bits per heavy atom. The van der Waals surface area contributed by atoms with Crippen molar-refractivity contribution in [3.8, 4) is 0 Å². The molecule has 5 nitrogen and oxygen atoms in total. The van der Waals surface area contributed by atoms with Crippen molar-refractivity contribution in [3.63, 3.8) is 0 Å². The van der Waals surface area contributed by atoms with Crippen LogP contribution in [0.4, 0.5) is 4.79 Å². The molecular weight excluding hydrogens is 210 g/mol. The quantitative estimate of drug-likeness (QED) is 0.645. The molecule has 2 N–H and O–H groups in total. The summed E-state index contributed by atoms with van der Waals surface area (Å²) in [6.07, 6.45) is -0.863. The van der Waals surface area contributed by atoms with E-state index in [0.717, 1.165) is 0 Å². The molecule has 0 aromatic carbocycles. The first kappa shape index (κ1) is 13.3. The first-order valence-electron chi connectivity index (χ1n) is 5.50. The fourth-order valence-corrected chi connectivity index (χ4v) is 1.64. The monoisotopic (exact) mass is 231 g/mol. The van der Waals surface area contributed by atoms with E-state index < -0.39 is 23.4 Å². The Kier molecular flexibility index (Phi) is 3.50. The van der Waals surface area contributed by atoms with E-state index in [1.54, 1.807) is 20.8 Å². The predicted molar refractivity (Wildman–Crippen MR) is 59.1 cm³/mol. The molecule has 0 aromatic rings.